The Bertz CT molecular complexity index is 534. The van der Waals surface area contributed by atoms with Gasteiger partial charge in [-0.05, 0) is 23.8 Å². The highest BCUT2D eigenvalue weighted by atomic mass is 32.2. The SMILES string of the molecule is CCCCn1nnnc1CSc1nnc(CN)n1CC. The van der Waals surface area contributed by atoms with Crippen molar-refractivity contribution in [2.75, 3.05) is 0 Å². The lowest BCUT2D eigenvalue weighted by atomic mass is 10.3. The van der Waals surface area contributed by atoms with Crippen LogP contribution in [0.2, 0.25) is 0 Å². The van der Waals surface area contributed by atoms with E-state index >= 15 is 0 Å². The van der Waals surface area contributed by atoms with Gasteiger partial charge < -0.3 is 10.3 Å². The molecule has 0 saturated carbocycles. The highest BCUT2D eigenvalue weighted by Crippen LogP contribution is 2.20. The van der Waals surface area contributed by atoms with Crippen LogP contribution in [0.1, 0.15) is 38.3 Å². The van der Waals surface area contributed by atoms with E-state index in [0.717, 1.165) is 42.7 Å². The molecule has 2 aromatic rings. The third-order valence-corrected chi connectivity index (χ3v) is 3.91. The predicted octanol–water partition coefficient (Wildman–Crippen LogP) is 0.836. The molecule has 0 radical (unpaired) electrons. The molecule has 2 heterocycles. The maximum atomic E-state index is 5.64. The van der Waals surface area contributed by atoms with E-state index in [1.54, 1.807) is 11.8 Å². The van der Waals surface area contributed by atoms with Crippen LogP contribution in [0.25, 0.3) is 0 Å². The molecule has 0 atom stereocenters. The zero-order valence-corrected chi connectivity index (χ0v) is 12.7. The van der Waals surface area contributed by atoms with Gasteiger partial charge in [-0.2, -0.15) is 0 Å². The van der Waals surface area contributed by atoms with Crippen molar-refractivity contribution in [1.82, 2.24) is 35.0 Å². The third kappa shape index (κ3) is 3.34. The number of tetrazole rings is 1. The molecule has 8 nitrogen and oxygen atoms in total. The lowest BCUT2D eigenvalue weighted by Gasteiger charge is -2.06. The summed E-state index contributed by atoms with van der Waals surface area (Å²) >= 11 is 1.58. The van der Waals surface area contributed by atoms with Gasteiger partial charge in [-0.25, -0.2) is 4.68 Å². The van der Waals surface area contributed by atoms with Crippen molar-refractivity contribution < 1.29 is 0 Å². The van der Waals surface area contributed by atoms with E-state index < -0.39 is 0 Å². The lowest BCUT2D eigenvalue weighted by Crippen LogP contribution is -2.08. The molecule has 0 aliphatic carbocycles. The Kier molecular flexibility index (Phi) is 5.48. The monoisotopic (exact) mass is 296 g/mol. The van der Waals surface area contributed by atoms with Crippen molar-refractivity contribution in [3.63, 3.8) is 0 Å². The first-order valence-corrected chi connectivity index (χ1v) is 7.78. The average Bonchev–Trinajstić information content (AvgIpc) is 3.08. The summed E-state index contributed by atoms with van der Waals surface area (Å²) in [4.78, 5) is 0. The van der Waals surface area contributed by atoms with Crippen LogP contribution in [0, 0.1) is 0 Å². The Hall–Kier alpha value is -1.48. The van der Waals surface area contributed by atoms with Crippen molar-refractivity contribution in [2.24, 2.45) is 5.73 Å². The smallest absolute Gasteiger partial charge is 0.191 e. The highest BCUT2D eigenvalue weighted by Gasteiger charge is 2.12. The van der Waals surface area contributed by atoms with Crippen molar-refractivity contribution in [3.05, 3.63) is 11.6 Å². The second-order valence-corrected chi connectivity index (χ2v) is 5.25. The van der Waals surface area contributed by atoms with Crippen LogP contribution in [-0.2, 0) is 25.4 Å². The normalized spacial score (nSPS) is 11.2. The van der Waals surface area contributed by atoms with Gasteiger partial charge in [0.1, 0.15) is 5.82 Å². The molecule has 110 valence electrons. The Morgan fingerprint density at radius 1 is 1.15 bits per heavy atom. The molecule has 2 N–H and O–H groups in total. The van der Waals surface area contributed by atoms with Gasteiger partial charge in [-0.1, -0.05) is 25.1 Å². The molecule has 0 unspecified atom stereocenters. The zero-order chi connectivity index (χ0) is 14.4. The standard InChI is InChI=1S/C11H20N8S/c1-3-5-6-19-10(14-16-17-19)8-20-11-15-13-9(7-12)18(11)4-2/h3-8,12H2,1-2H3. The average molecular weight is 296 g/mol. The Labute approximate surface area is 122 Å². The minimum absolute atomic E-state index is 0.398. The summed E-state index contributed by atoms with van der Waals surface area (Å²) in [5.41, 5.74) is 5.64. The van der Waals surface area contributed by atoms with Gasteiger partial charge >= 0.3 is 0 Å². The predicted molar refractivity (Wildman–Crippen MR) is 75.9 cm³/mol. The van der Waals surface area contributed by atoms with E-state index in [9.17, 15) is 0 Å². The number of nitrogens with two attached hydrogens (primary N) is 1. The fourth-order valence-corrected chi connectivity index (χ4v) is 2.79. The molecule has 0 spiro atoms. The number of hydrogen-bond donors (Lipinski definition) is 1. The van der Waals surface area contributed by atoms with Crippen LogP contribution in [0.15, 0.2) is 5.16 Å². The van der Waals surface area contributed by atoms with Gasteiger partial charge in [0, 0.05) is 13.1 Å². The lowest BCUT2D eigenvalue weighted by molar-refractivity contribution is 0.540. The molecular formula is C11H20N8S. The van der Waals surface area contributed by atoms with Crippen molar-refractivity contribution >= 4 is 11.8 Å². The summed E-state index contributed by atoms with van der Waals surface area (Å²) in [5.74, 6) is 2.35. The molecular weight excluding hydrogens is 276 g/mol. The van der Waals surface area contributed by atoms with Crippen LogP contribution in [0.4, 0.5) is 0 Å². The van der Waals surface area contributed by atoms with Gasteiger partial charge in [-0.15, -0.1) is 15.3 Å². The van der Waals surface area contributed by atoms with Crippen molar-refractivity contribution in [3.8, 4) is 0 Å². The third-order valence-electron chi connectivity index (χ3n) is 2.95. The number of aryl methyl sites for hydroxylation is 1. The zero-order valence-electron chi connectivity index (χ0n) is 11.9. The molecule has 0 amide bonds. The molecule has 0 saturated heterocycles. The molecule has 0 aromatic carbocycles. The summed E-state index contributed by atoms with van der Waals surface area (Å²) < 4.78 is 3.87. The molecule has 0 aliphatic heterocycles. The molecule has 0 fully saturated rings. The highest BCUT2D eigenvalue weighted by molar-refractivity contribution is 7.98. The second-order valence-electron chi connectivity index (χ2n) is 4.31. The first-order chi connectivity index (χ1) is 9.80. The second kappa shape index (κ2) is 7.34. The quantitative estimate of drug-likeness (QED) is 0.720. The minimum Gasteiger partial charge on any atom is -0.324 e. The van der Waals surface area contributed by atoms with Crippen LogP contribution < -0.4 is 5.73 Å². The van der Waals surface area contributed by atoms with E-state index in [1.165, 1.54) is 0 Å². The van der Waals surface area contributed by atoms with Crippen molar-refractivity contribution in [2.45, 2.75) is 57.2 Å². The minimum atomic E-state index is 0.398. The Morgan fingerprint density at radius 2 is 2.00 bits per heavy atom. The number of unbranched alkanes of at least 4 members (excludes halogenated alkanes) is 1. The molecule has 2 aromatic heterocycles. The fraction of sp³-hybridized carbons (Fsp3) is 0.727. The Morgan fingerprint density at radius 3 is 2.70 bits per heavy atom. The molecule has 9 heteroatoms. The summed E-state index contributed by atoms with van der Waals surface area (Å²) in [5, 5.41) is 20.9. The van der Waals surface area contributed by atoms with Gasteiger partial charge in [-0.3, -0.25) is 0 Å². The van der Waals surface area contributed by atoms with Crippen LogP contribution in [-0.4, -0.2) is 35.0 Å². The summed E-state index contributed by atoms with van der Waals surface area (Å²) in [7, 11) is 0. The van der Waals surface area contributed by atoms with Gasteiger partial charge in [0.05, 0.1) is 12.3 Å². The topological polar surface area (TPSA) is 100 Å². The van der Waals surface area contributed by atoms with E-state index in [2.05, 4.69) is 39.6 Å². The maximum Gasteiger partial charge on any atom is 0.191 e. The van der Waals surface area contributed by atoms with Crippen LogP contribution in [0.3, 0.4) is 0 Å². The summed E-state index contributed by atoms with van der Waals surface area (Å²) in [6.45, 7) is 6.26. The number of hydrogen-bond acceptors (Lipinski definition) is 7. The summed E-state index contributed by atoms with van der Waals surface area (Å²) in [6, 6.07) is 0. The van der Waals surface area contributed by atoms with Gasteiger partial charge in [0.25, 0.3) is 0 Å². The van der Waals surface area contributed by atoms with Crippen LogP contribution >= 0.6 is 11.8 Å². The van der Waals surface area contributed by atoms with Crippen molar-refractivity contribution in [1.29, 1.82) is 0 Å². The van der Waals surface area contributed by atoms with Gasteiger partial charge in [0.2, 0.25) is 0 Å². The molecule has 2 rings (SSSR count). The Balaban J connectivity index is 2.02. The van der Waals surface area contributed by atoms with E-state index in [4.69, 9.17) is 5.73 Å². The maximum absolute atomic E-state index is 5.64. The fourth-order valence-electron chi connectivity index (χ4n) is 1.83. The molecule has 0 aliphatic rings. The van der Waals surface area contributed by atoms with E-state index in [0.29, 0.717) is 12.3 Å². The number of nitrogens with zero attached hydrogens (tertiary/aromatic N) is 7. The van der Waals surface area contributed by atoms with E-state index in [-0.39, 0.29) is 0 Å². The first-order valence-electron chi connectivity index (χ1n) is 6.80. The number of rotatable bonds is 8. The molecule has 20 heavy (non-hydrogen) atoms. The first kappa shape index (κ1) is 14.9. The molecule has 0 bridgehead atoms. The number of thioether (sulfide) groups is 1. The van der Waals surface area contributed by atoms with E-state index in [1.807, 2.05) is 9.25 Å². The number of aromatic nitrogens is 7. The van der Waals surface area contributed by atoms with Gasteiger partial charge in [0.15, 0.2) is 11.0 Å². The summed E-state index contributed by atoms with van der Waals surface area (Å²) in [6.07, 6.45) is 2.20. The van der Waals surface area contributed by atoms with Crippen LogP contribution in [0.5, 0.6) is 0 Å². The largest absolute Gasteiger partial charge is 0.324 e.